The molecule has 3 N–H and O–H groups in total. The molecule has 102 valence electrons. The Bertz CT molecular complexity index is 225. The number of ether oxygens (including phenoxy) is 1. The van der Waals surface area contributed by atoms with Gasteiger partial charge in [0.1, 0.15) is 0 Å². The first kappa shape index (κ1) is 18.6. The monoisotopic (exact) mass is 266 g/mol. The number of nitrogens with one attached hydrogen (secondary N) is 1. The van der Waals surface area contributed by atoms with E-state index in [4.69, 9.17) is 10.5 Å². The number of esters is 1. The third kappa shape index (κ3) is 10.1. The Hall–Kier alpha value is -0.810. The Labute approximate surface area is 109 Å². The number of halogens is 1. The van der Waals surface area contributed by atoms with Gasteiger partial charge in [0, 0.05) is 13.0 Å². The third-order valence-electron chi connectivity index (χ3n) is 2.10. The molecule has 1 atom stereocenters. The molecule has 0 saturated heterocycles. The molecule has 0 aliphatic carbocycles. The van der Waals surface area contributed by atoms with E-state index in [0.717, 1.165) is 6.42 Å². The van der Waals surface area contributed by atoms with Crippen LogP contribution in [0.5, 0.6) is 0 Å². The average molecular weight is 267 g/mol. The molecule has 0 aliphatic rings. The Morgan fingerprint density at radius 2 is 2.00 bits per heavy atom. The first-order valence-electron chi connectivity index (χ1n) is 5.80. The van der Waals surface area contributed by atoms with Gasteiger partial charge < -0.3 is 15.8 Å². The lowest BCUT2D eigenvalue weighted by molar-refractivity contribution is -0.143. The van der Waals surface area contributed by atoms with E-state index < -0.39 is 6.04 Å². The van der Waals surface area contributed by atoms with Crippen molar-refractivity contribution in [2.75, 3.05) is 13.2 Å². The van der Waals surface area contributed by atoms with Gasteiger partial charge in [-0.3, -0.25) is 9.59 Å². The molecule has 0 saturated carbocycles. The summed E-state index contributed by atoms with van der Waals surface area (Å²) in [6, 6.07) is -0.437. The fraction of sp³-hybridized carbons (Fsp3) is 0.818. The van der Waals surface area contributed by atoms with E-state index in [9.17, 15) is 9.59 Å². The van der Waals surface area contributed by atoms with Gasteiger partial charge in [0.15, 0.2) is 0 Å². The molecule has 1 unspecified atom stereocenters. The topological polar surface area (TPSA) is 81.4 Å². The standard InChI is InChI=1S/C11H22N2O3.ClH/c1-3-6-9(12)11(15)13-8-5-7-10(14)16-4-2;/h9H,3-8,12H2,1-2H3,(H,13,15);1H. The normalized spacial score (nSPS) is 11.2. The number of carbonyl (C=O) groups excluding carboxylic acids is 2. The van der Waals surface area contributed by atoms with Crippen molar-refractivity contribution in [3.8, 4) is 0 Å². The van der Waals surface area contributed by atoms with Gasteiger partial charge in [-0.1, -0.05) is 13.3 Å². The van der Waals surface area contributed by atoms with E-state index in [-0.39, 0.29) is 24.3 Å². The van der Waals surface area contributed by atoms with E-state index in [2.05, 4.69) is 5.32 Å². The molecular formula is C11H23ClN2O3. The van der Waals surface area contributed by atoms with Crippen LogP contribution in [0, 0.1) is 0 Å². The second-order valence-electron chi connectivity index (χ2n) is 3.59. The second-order valence-corrected chi connectivity index (χ2v) is 3.59. The SMILES string of the molecule is CCCC(N)C(=O)NCCCC(=O)OCC.Cl. The van der Waals surface area contributed by atoms with E-state index >= 15 is 0 Å². The average Bonchev–Trinajstić information content (AvgIpc) is 2.24. The smallest absolute Gasteiger partial charge is 0.305 e. The molecule has 0 radical (unpaired) electrons. The first-order valence-corrected chi connectivity index (χ1v) is 5.80. The summed E-state index contributed by atoms with van der Waals surface area (Å²) in [5.41, 5.74) is 5.61. The molecule has 0 aliphatic heterocycles. The van der Waals surface area contributed by atoms with Crippen LogP contribution in [0.25, 0.3) is 0 Å². The highest BCUT2D eigenvalue weighted by Gasteiger charge is 2.11. The van der Waals surface area contributed by atoms with Crippen molar-refractivity contribution >= 4 is 24.3 Å². The number of hydrogen-bond acceptors (Lipinski definition) is 4. The molecule has 0 heterocycles. The molecular weight excluding hydrogens is 244 g/mol. The molecule has 0 aromatic heterocycles. The van der Waals surface area contributed by atoms with Crippen LogP contribution in [-0.2, 0) is 14.3 Å². The van der Waals surface area contributed by atoms with Crippen LogP contribution in [0.15, 0.2) is 0 Å². The van der Waals surface area contributed by atoms with Gasteiger partial charge in [0.2, 0.25) is 5.91 Å². The molecule has 0 rings (SSSR count). The van der Waals surface area contributed by atoms with Crippen LogP contribution >= 0.6 is 12.4 Å². The van der Waals surface area contributed by atoms with E-state index in [1.54, 1.807) is 6.92 Å². The molecule has 1 amide bonds. The minimum atomic E-state index is -0.437. The third-order valence-corrected chi connectivity index (χ3v) is 2.10. The van der Waals surface area contributed by atoms with Crippen molar-refractivity contribution in [3.63, 3.8) is 0 Å². The maximum atomic E-state index is 11.4. The summed E-state index contributed by atoms with van der Waals surface area (Å²) in [7, 11) is 0. The molecule has 0 spiro atoms. The van der Waals surface area contributed by atoms with Crippen molar-refractivity contribution in [2.24, 2.45) is 5.73 Å². The molecule has 0 aromatic carbocycles. The molecule has 17 heavy (non-hydrogen) atoms. The highest BCUT2D eigenvalue weighted by molar-refractivity contribution is 5.85. The summed E-state index contributed by atoms with van der Waals surface area (Å²) in [5.74, 6) is -0.375. The first-order chi connectivity index (χ1) is 7.61. The second kappa shape index (κ2) is 11.7. The zero-order valence-corrected chi connectivity index (χ0v) is 11.3. The quantitative estimate of drug-likeness (QED) is 0.507. The maximum absolute atomic E-state index is 11.4. The predicted molar refractivity (Wildman–Crippen MR) is 69.0 cm³/mol. The van der Waals surface area contributed by atoms with Crippen LogP contribution in [0.3, 0.4) is 0 Å². The zero-order valence-electron chi connectivity index (χ0n) is 10.5. The van der Waals surface area contributed by atoms with Gasteiger partial charge in [0.25, 0.3) is 0 Å². The fourth-order valence-electron chi connectivity index (χ4n) is 1.25. The van der Waals surface area contributed by atoms with Crippen molar-refractivity contribution in [1.29, 1.82) is 0 Å². The Morgan fingerprint density at radius 1 is 1.35 bits per heavy atom. The Morgan fingerprint density at radius 3 is 2.53 bits per heavy atom. The summed E-state index contributed by atoms with van der Waals surface area (Å²) in [5, 5.41) is 2.69. The van der Waals surface area contributed by atoms with Gasteiger partial charge in [-0.15, -0.1) is 12.4 Å². The van der Waals surface area contributed by atoms with Crippen molar-refractivity contribution in [1.82, 2.24) is 5.32 Å². The summed E-state index contributed by atoms with van der Waals surface area (Å²) in [4.78, 5) is 22.3. The Kier molecular flexibility index (Phi) is 12.7. The summed E-state index contributed by atoms with van der Waals surface area (Å²) in [6.45, 7) is 4.61. The number of nitrogens with two attached hydrogens (primary N) is 1. The highest BCUT2D eigenvalue weighted by atomic mass is 35.5. The molecule has 6 heteroatoms. The lowest BCUT2D eigenvalue weighted by Gasteiger charge is -2.10. The van der Waals surface area contributed by atoms with Crippen LogP contribution in [0.2, 0.25) is 0 Å². The van der Waals surface area contributed by atoms with Gasteiger partial charge in [-0.25, -0.2) is 0 Å². The van der Waals surface area contributed by atoms with Crippen molar-refractivity contribution in [3.05, 3.63) is 0 Å². The largest absolute Gasteiger partial charge is 0.466 e. The van der Waals surface area contributed by atoms with Gasteiger partial charge >= 0.3 is 5.97 Å². The maximum Gasteiger partial charge on any atom is 0.305 e. The molecule has 5 nitrogen and oxygen atoms in total. The molecule has 0 fully saturated rings. The molecule has 0 bridgehead atoms. The van der Waals surface area contributed by atoms with E-state index in [0.29, 0.717) is 32.4 Å². The van der Waals surface area contributed by atoms with E-state index in [1.807, 2.05) is 6.92 Å². The molecule has 0 aromatic rings. The Balaban J connectivity index is 0. The van der Waals surface area contributed by atoms with Crippen LogP contribution in [0.4, 0.5) is 0 Å². The summed E-state index contributed by atoms with van der Waals surface area (Å²) >= 11 is 0. The highest BCUT2D eigenvalue weighted by Crippen LogP contribution is 1.94. The van der Waals surface area contributed by atoms with Crippen molar-refractivity contribution < 1.29 is 14.3 Å². The number of rotatable bonds is 8. The van der Waals surface area contributed by atoms with Crippen LogP contribution in [0.1, 0.15) is 39.5 Å². The van der Waals surface area contributed by atoms with Gasteiger partial charge in [-0.2, -0.15) is 0 Å². The van der Waals surface area contributed by atoms with Crippen molar-refractivity contribution in [2.45, 2.75) is 45.6 Å². The summed E-state index contributed by atoms with van der Waals surface area (Å²) < 4.78 is 4.76. The van der Waals surface area contributed by atoms with Gasteiger partial charge in [-0.05, 0) is 19.8 Å². The van der Waals surface area contributed by atoms with Crippen LogP contribution in [-0.4, -0.2) is 31.1 Å². The number of carbonyl (C=O) groups is 2. The lowest BCUT2D eigenvalue weighted by Crippen LogP contribution is -2.40. The number of amides is 1. The minimum Gasteiger partial charge on any atom is -0.466 e. The van der Waals surface area contributed by atoms with E-state index in [1.165, 1.54) is 0 Å². The minimum absolute atomic E-state index is 0. The fourth-order valence-corrected chi connectivity index (χ4v) is 1.25. The van der Waals surface area contributed by atoms with Crippen LogP contribution < -0.4 is 11.1 Å². The summed E-state index contributed by atoms with van der Waals surface area (Å²) in [6.07, 6.45) is 2.49. The lowest BCUT2D eigenvalue weighted by atomic mass is 10.1. The zero-order chi connectivity index (χ0) is 12.4. The van der Waals surface area contributed by atoms with Gasteiger partial charge in [0.05, 0.1) is 12.6 Å². The predicted octanol–water partition coefficient (Wildman–Crippen LogP) is 0.995. The number of hydrogen-bond donors (Lipinski definition) is 2.